The van der Waals surface area contributed by atoms with Crippen molar-refractivity contribution in [2.75, 3.05) is 0 Å². The number of hydrogen-bond donors (Lipinski definition) is 0. The molecule has 166 valence electrons. The molecule has 3 saturated carbocycles. The molecule has 0 aromatic heterocycles. The third-order valence-corrected chi connectivity index (χ3v) is 10.3. The van der Waals surface area contributed by atoms with E-state index in [1.807, 2.05) is 0 Å². The van der Waals surface area contributed by atoms with E-state index in [1.165, 1.54) is 44.9 Å². The van der Waals surface area contributed by atoms with Crippen LogP contribution in [-0.4, -0.2) is 5.92 Å². The SMILES string of the molecule is CC(C)CCC[C@@H](C)[C@H]1CC[C@H]2[C@@H]3CC=C4CC(F)(F)CC[C@]4(C)[C@H]3CC[C@]12C. The van der Waals surface area contributed by atoms with E-state index in [2.05, 4.69) is 40.7 Å². The molecule has 0 nitrogen and oxygen atoms in total. The molecule has 0 N–H and O–H groups in total. The lowest BCUT2D eigenvalue weighted by Gasteiger charge is -2.58. The van der Waals surface area contributed by atoms with Crippen molar-refractivity contribution in [1.29, 1.82) is 0 Å². The third kappa shape index (κ3) is 3.73. The summed E-state index contributed by atoms with van der Waals surface area (Å²) in [6, 6.07) is 0. The topological polar surface area (TPSA) is 0 Å². The minimum Gasteiger partial charge on any atom is -0.207 e. The first-order valence-corrected chi connectivity index (χ1v) is 12.6. The van der Waals surface area contributed by atoms with Crippen molar-refractivity contribution in [3.63, 3.8) is 0 Å². The third-order valence-electron chi connectivity index (χ3n) is 10.3. The van der Waals surface area contributed by atoms with Crippen LogP contribution >= 0.6 is 0 Å². The van der Waals surface area contributed by atoms with Gasteiger partial charge >= 0.3 is 0 Å². The minimum atomic E-state index is -2.47. The summed E-state index contributed by atoms with van der Waals surface area (Å²) in [5.41, 5.74) is 1.64. The molecule has 0 saturated heterocycles. The van der Waals surface area contributed by atoms with Crippen LogP contribution in [0.3, 0.4) is 0 Å². The molecule has 0 amide bonds. The fourth-order valence-corrected chi connectivity index (χ4v) is 8.61. The molecule has 0 aromatic rings. The first-order valence-electron chi connectivity index (χ1n) is 12.6. The standard InChI is InChI=1S/C27H44F2/c1-18(2)7-6-8-19(3)22-11-12-23-21-10-9-20-17-27(28,29)16-15-25(20,4)24(21)13-14-26(22,23)5/h9,18-19,21-24H,6-8,10-17H2,1-5H3/t19-,21+,22-,23+,24+,25+,26-/m1/s1. The first kappa shape index (κ1) is 21.8. The van der Waals surface area contributed by atoms with Crippen molar-refractivity contribution in [2.45, 2.75) is 111 Å². The maximum absolute atomic E-state index is 14.1. The van der Waals surface area contributed by atoms with Gasteiger partial charge in [-0.05, 0) is 84.9 Å². The highest BCUT2D eigenvalue weighted by molar-refractivity contribution is 5.26. The van der Waals surface area contributed by atoms with E-state index in [1.54, 1.807) is 0 Å². The Morgan fingerprint density at radius 1 is 0.966 bits per heavy atom. The molecule has 7 atom stereocenters. The minimum absolute atomic E-state index is 0.0319. The Morgan fingerprint density at radius 2 is 1.72 bits per heavy atom. The number of halogens is 2. The van der Waals surface area contributed by atoms with E-state index < -0.39 is 5.92 Å². The second kappa shape index (κ2) is 7.63. The molecule has 0 radical (unpaired) electrons. The van der Waals surface area contributed by atoms with Crippen LogP contribution in [0.5, 0.6) is 0 Å². The zero-order valence-corrected chi connectivity index (χ0v) is 19.6. The maximum atomic E-state index is 14.1. The van der Waals surface area contributed by atoms with Crippen LogP contribution in [0.4, 0.5) is 8.78 Å². The largest absolute Gasteiger partial charge is 0.251 e. The Kier molecular flexibility index (Phi) is 5.74. The van der Waals surface area contributed by atoms with E-state index in [0.717, 1.165) is 41.6 Å². The molecular weight excluding hydrogens is 362 g/mol. The molecule has 3 fully saturated rings. The van der Waals surface area contributed by atoms with Gasteiger partial charge in [0, 0.05) is 12.8 Å². The molecule has 0 aliphatic heterocycles. The van der Waals surface area contributed by atoms with Crippen molar-refractivity contribution in [3.8, 4) is 0 Å². The fraction of sp³-hybridized carbons (Fsp3) is 0.926. The Bertz CT molecular complexity index is 634. The Labute approximate surface area is 178 Å². The number of rotatable bonds is 5. The van der Waals surface area contributed by atoms with Crippen molar-refractivity contribution >= 4 is 0 Å². The highest BCUT2D eigenvalue weighted by Gasteiger charge is 2.60. The Hall–Kier alpha value is -0.400. The molecular formula is C27H44F2. The normalized spacial score (nSPS) is 44.6. The van der Waals surface area contributed by atoms with Crippen LogP contribution in [0.25, 0.3) is 0 Å². The first-order chi connectivity index (χ1) is 13.6. The Balaban J connectivity index is 1.50. The van der Waals surface area contributed by atoms with Gasteiger partial charge in [-0.2, -0.15) is 0 Å². The monoisotopic (exact) mass is 406 g/mol. The second-order valence-electron chi connectivity index (χ2n) is 12.3. The van der Waals surface area contributed by atoms with Gasteiger partial charge in [-0.25, -0.2) is 8.78 Å². The van der Waals surface area contributed by atoms with Gasteiger partial charge in [-0.3, -0.25) is 0 Å². The van der Waals surface area contributed by atoms with Gasteiger partial charge < -0.3 is 0 Å². The molecule has 29 heavy (non-hydrogen) atoms. The van der Waals surface area contributed by atoms with Gasteiger partial charge in [-0.15, -0.1) is 0 Å². The molecule has 4 aliphatic rings. The molecule has 0 aromatic carbocycles. The van der Waals surface area contributed by atoms with Crippen molar-refractivity contribution in [1.82, 2.24) is 0 Å². The van der Waals surface area contributed by atoms with E-state index in [4.69, 9.17) is 0 Å². The molecule has 0 unspecified atom stereocenters. The average molecular weight is 407 g/mol. The summed E-state index contributed by atoms with van der Waals surface area (Å²) in [4.78, 5) is 0. The molecule has 2 heteroatoms. The summed E-state index contributed by atoms with van der Waals surface area (Å²) < 4.78 is 28.2. The van der Waals surface area contributed by atoms with E-state index in [-0.39, 0.29) is 18.3 Å². The van der Waals surface area contributed by atoms with Crippen LogP contribution in [0.2, 0.25) is 0 Å². The summed E-state index contributed by atoms with van der Waals surface area (Å²) in [6.45, 7) is 12.2. The smallest absolute Gasteiger partial charge is 0.207 e. The van der Waals surface area contributed by atoms with Gasteiger partial charge in [0.05, 0.1) is 0 Å². The number of fused-ring (bicyclic) bond motifs is 5. The highest BCUT2D eigenvalue weighted by Crippen LogP contribution is 2.68. The lowest BCUT2D eigenvalue weighted by molar-refractivity contribution is -0.0881. The van der Waals surface area contributed by atoms with Crippen LogP contribution in [0.1, 0.15) is 105 Å². The van der Waals surface area contributed by atoms with Crippen LogP contribution in [0, 0.1) is 46.3 Å². The highest BCUT2D eigenvalue weighted by atomic mass is 19.3. The molecule has 4 aliphatic carbocycles. The summed E-state index contributed by atoms with van der Waals surface area (Å²) in [7, 11) is 0. The Morgan fingerprint density at radius 3 is 2.45 bits per heavy atom. The molecule has 4 rings (SSSR count). The lowest BCUT2D eigenvalue weighted by atomic mass is 9.47. The van der Waals surface area contributed by atoms with Crippen molar-refractivity contribution < 1.29 is 8.78 Å². The van der Waals surface area contributed by atoms with Crippen LogP contribution < -0.4 is 0 Å². The summed E-state index contributed by atoms with van der Waals surface area (Å²) in [5.74, 6) is 2.25. The zero-order chi connectivity index (χ0) is 21.0. The second-order valence-corrected chi connectivity index (χ2v) is 12.3. The predicted molar refractivity (Wildman–Crippen MR) is 118 cm³/mol. The van der Waals surface area contributed by atoms with Gasteiger partial charge in [0.2, 0.25) is 0 Å². The molecule has 0 heterocycles. The summed E-state index contributed by atoms with van der Waals surface area (Å²) in [6.07, 6.45) is 13.7. The quantitative estimate of drug-likeness (QED) is 0.401. The van der Waals surface area contributed by atoms with Gasteiger partial charge in [-0.1, -0.05) is 65.5 Å². The maximum Gasteiger partial charge on any atom is 0.251 e. The number of allylic oxidation sites excluding steroid dienone is 2. The van der Waals surface area contributed by atoms with E-state index in [0.29, 0.717) is 17.8 Å². The van der Waals surface area contributed by atoms with Gasteiger partial charge in [0.1, 0.15) is 0 Å². The summed E-state index contributed by atoms with van der Waals surface area (Å²) >= 11 is 0. The van der Waals surface area contributed by atoms with Gasteiger partial charge in [0.15, 0.2) is 0 Å². The fourth-order valence-electron chi connectivity index (χ4n) is 8.61. The summed E-state index contributed by atoms with van der Waals surface area (Å²) in [5, 5.41) is 0. The van der Waals surface area contributed by atoms with Crippen molar-refractivity contribution in [2.24, 2.45) is 46.3 Å². The zero-order valence-electron chi connectivity index (χ0n) is 19.6. The van der Waals surface area contributed by atoms with Crippen LogP contribution in [0.15, 0.2) is 11.6 Å². The predicted octanol–water partition coefficient (Wildman–Crippen LogP) is 8.66. The molecule has 0 bridgehead atoms. The van der Waals surface area contributed by atoms with E-state index >= 15 is 0 Å². The number of alkyl halides is 2. The van der Waals surface area contributed by atoms with Crippen LogP contribution in [-0.2, 0) is 0 Å². The van der Waals surface area contributed by atoms with Gasteiger partial charge in [0.25, 0.3) is 5.92 Å². The average Bonchev–Trinajstić information content (AvgIpc) is 2.99. The number of hydrogen-bond acceptors (Lipinski definition) is 0. The van der Waals surface area contributed by atoms with Crippen molar-refractivity contribution in [3.05, 3.63) is 11.6 Å². The molecule has 0 spiro atoms. The lowest BCUT2D eigenvalue weighted by Crippen LogP contribution is -2.51. The van der Waals surface area contributed by atoms with E-state index in [9.17, 15) is 8.78 Å².